The number of carbonyl (C=O) groups excluding carboxylic acids is 1. The van der Waals surface area contributed by atoms with Crippen molar-refractivity contribution in [2.75, 3.05) is 5.75 Å². The molecule has 0 aliphatic heterocycles. The molecule has 0 saturated carbocycles. The van der Waals surface area contributed by atoms with E-state index in [2.05, 4.69) is 10.2 Å². The Hall–Kier alpha value is -1.14. The molecule has 0 aromatic carbocycles. The molecular formula is C9H8N2O2S2. The van der Waals surface area contributed by atoms with E-state index in [4.69, 9.17) is 4.42 Å². The largest absolute Gasteiger partial charge is 0.416 e. The van der Waals surface area contributed by atoms with Crippen LogP contribution >= 0.6 is 23.1 Å². The third-order valence-electron chi connectivity index (χ3n) is 1.63. The number of hydrogen-bond acceptors (Lipinski definition) is 6. The molecule has 15 heavy (non-hydrogen) atoms. The van der Waals surface area contributed by atoms with Crippen LogP contribution in [0.2, 0.25) is 0 Å². The molecule has 0 saturated heterocycles. The standard InChI is InChI=1S/C9H8N2O2S2/c1-6-10-11-9(13-6)15-5-7(12)8-3-2-4-14-8/h2-4H,5H2,1H3. The monoisotopic (exact) mass is 240 g/mol. The van der Waals surface area contributed by atoms with Crippen LogP contribution in [0.5, 0.6) is 0 Å². The molecule has 4 nitrogen and oxygen atoms in total. The molecule has 78 valence electrons. The van der Waals surface area contributed by atoms with Gasteiger partial charge < -0.3 is 4.42 Å². The van der Waals surface area contributed by atoms with Crippen LogP contribution in [0.1, 0.15) is 15.6 Å². The van der Waals surface area contributed by atoms with E-state index in [0.717, 1.165) is 4.88 Å². The Balaban J connectivity index is 1.91. The number of rotatable bonds is 4. The van der Waals surface area contributed by atoms with E-state index < -0.39 is 0 Å². The number of Topliss-reactive ketones (excluding diaryl/α,β-unsaturated/α-hetero) is 1. The highest BCUT2D eigenvalue weighted by atomic mass is 32.2. The fraction of sp³-hybridized carbons (Fsp3) is 0.222. The number of thioether (sulfide) groups is 1. The van der Waals surface area contributed by atoms with Gasteiger partial charge in [-0.15, -0.1) is 21.5 Å². The van der Waals surface area contributed by atoms with E-state index in [1.54, 1.807) is 6.92 Å². The van der Waals surface area contributed by atoms with Crippen molar-refractivity contribution in [2.45, 2.75) is 12.1 Å². The van der Waals surface area contributed by atoms with E-state index in [0.29, 0.717) is 16.9 Å². The minimum atomic E-state index is 0.0888. The van der Waals surface area contributed by atoms with Crippen molar-refractivity contribution in [3.63, 3.8) is 0 Å². The Morgan fingerprint density at radius 2 is 2.47 bits per heavy atom. The summed E-state index contributed by atoms with van der Waals surface area (Å²) < 4.78 is 5.14. The van der Waals surface area contributed by atoms with Crippen molar-refractivity contribution >= 4 is 28.9 Å². The van der Waals surface area contributed by atoms with Gasteiger partial charge in [0.05, 0.1) is 10.6 Å². The molecule has 2 aromatic rings. The first kappa shape index (κ1) is 10.4. The third kappa shape index (κ3) is 2.66. The lowest BCUT2D eigenvalue weighted by atomic mass is 10.4. The van der Waals surface area contributed by atoms with Crippen LogP contribution in [0, 0.1) is 6.92 Å². The van der Waals surface area contributed by atoms with Crippen molar-refractivity contribution in [1.82, 2.24) is 10.2 Å². The lowest BCUT2D eigenvalue weighted by molar-refractivity contribution is 0.102. The summed E-state index contributed by atoms with van der Waals surface area (Å²) in [5.74, 6) is 0.939. The smallest absolute Gasteiger partial charge is 0.277 e. The minimum Gasteiger partial charge on any atom is -0.416 e. The zero-order chi connectivity index (χ0) is 10.7. The van der Waals surface area contributed by atoms with Crippen molar-refractivity contribution in [2.24, 2.45) is 0 Å². The summed E-state index contributed by atoms with van der Waals surface area (Å²) in [5.41, 5.74) is 0. The number of aryl methyl sites for hydroxylation is 1. The van der Waals surface area contributed by atoms with Gasteiger partial charge in [-0.1, -0.05) is 17.8 Å². The molecule has 0 atom stereocenters. The molecule has 0 amide bonds. The predicted molar refractivity (Wildman–Crippen MR) is 58.4 cm³/mol. The quantitative estimate of drug-likeness (QED) is 0.606. The lowest BCUT2D eigenvalue weighted by Crippen LogP contribution is -1.98. The van der Waals surface area contributed by atoms with Crippen LogP contribution in [0.4, 0.5) is 0 Å². The summed E-state index contributed by atoms with van der Waals surface area (Å²) in [6.07, 6.45) is 0. The van der Waals surface area contributed by atoms with Gasteiger partial charge in [0, 0.05) is 6.92 Å². The molecule has 0 unspecified atom stereocenters. The zero-order valence-corrected chi connectivity index (χ0v) is 9.60. The molecular weight excluding hydrogens is 232 g/mol. The lowest BCUT2D eigenvalue weighted by Gasteiger charge is -1.93. The Morgan fingerprint density at radius 3 is 3.07 bits per heavy atom. The summed E-state index contributed by atoms with van der Waals surface area (Å²) in [7, 11) is 0. The predicted octanol–water partition coefficient (Wildman–Crippen LogP) is 2.41. The molecule has 0 aliphatic carbocycles. The molecule has 0 N–H and O–H groups in total. The maximum absolute atomic E-state index is 11.6. The average molecular weight is 240 g/mol. The molecule has 0 radical (unpaired) electrons. The van der Waals surface area contributed by atoms with Gasteiger partial charge in [0.25, 0.3) is 5.22 Å². The molecule has 2 aromatic heterocycles. The zero-order valence-electron chi connectivity index (χ0n) is 7.97. The summed E-state index contributed by atoms with van der Waals surface area (Å²) in [6.45, 7) is 1.72. The van der Waals surface area contributed by atoms with Gasteiger partial charge in [0.2, 0.25) is 5.89 Å². The van der Waals surface area contributed by atoms with E-state index >= 15 is 0 Å². The van der Waals surface area contributed by atoms with Gasteiger partial charge in [0.1, 0.15) is 0 Å². The van der Waals surface area contributed by atoms with Gasteiger partial charge in [-0.3, -0.25) is 4.79 Å². The van der Waals surface area contributed by atoms with Crippen LogP contribution < -0.4 is 0 Å². The summed E-state index contributed by atoms with van der Waals surface area (Å²) in [6, 6.07) is 3.67. The van der Waals surface area contributed by atoms with Crippen LogP contribution in [-0.4, -0.2) is 21.7 Å². The fourth-order valence-electron chi connectivity index (χ4n) is 0.972. The molecule has 0 aliphatic rings. The second-order valence-corrected chi connectivity index (χ2v) is 4.65. The Kier molecular flexibility index (Phi) is 3.17. The SMILES string of the molecule is Cc1nnc(SCC(=O)c2cccs2)o1. The van der Waals surface area contributed by atoms with Gasteiger partial charge in [-0.2, -0.15) is 0 Å². The molecule has 6 heteroatoms. The molecule has 0 fully saturated rings. The van der Waals surface area contributed by atoms with Crippen LogP contribution in [0.15, 0.2) is 27.2 Å². The number of nitrogens with zero attached hydrogens (tertiary/aromatic N) is 2. The highest BCUT2D eigenvalue weighted by Gasteiger charge is 2.10. The van der Waals surface area contributed by atoms with Crippen LogP contribution in [0.3, 0.4) is 0 Å². The Labute approximate surface area is 94.7 Å². The summed E-state index contributed by atoms with van der Waals surface area (Å²) in [4.78, 5) is 12.3. The number of hydrogen-bond donors (Lipinski definition) is 0. The summed E-state index contributed by atoms with van der Waals surface area (Å²) in [5, 5.41) is 9.80. The highest BCUT2D eigenvalue weighted by molar-refractivity contribution is 7.99. The van der Waals surface area contributed by atoms with Crippen molar-refractivity contribution < 1.29 is 9.21 Å². The number of ketones is 1. The van der Waals surface area contributed by atoms with Crippen LogP contribution in [-0.2, 0) is 0 Å². The molecule has 0 spiro atoms. The van der Waals surface area contributed by atoms with Gasteiger partial charge in [-0.25, -0.2) is 0 Å². The minimum absolute atomic E-state index is 0.0888. The summed E-state index contributed by atoms with van der Waals surface area (Å²) >= 11 is 2.71. The molecule has 0 bridgehead atoms. The first-order chi connectivity index (χ1) is 7.25. The first-order valence-electron chi connectivity index (χ1n) is 4.25. The second kappa shape index (κ2) is 4.59. The Bertz CT molecular complexity index is 450. The van der Waals surface area contributed by atoms with E-state index in [9.17, 15) is 4.79 Å². The van der Waals surface area contributed by atoms with E-state index in [1.165, 1.54) is 23.1 Å². The number of thiophene rings is 1. The van der Waals surface area contributed by atoms with Gasteiger partial charge in [-0.05, 0) is 11.4 Å². The maximum Gasteiger partial charge on any atom is 0.277 e. The van der Waals surface area contributed by atoms with Crippen molar-refractivity contribution in [3.8, 4) is 0 Å². The number of carbonyl (C=O) groups is 1. The van der Waals surface area contributed by atoms with Crippen molar-refractivity contribution in [1.29, 1.82) is 0 Å². The first-order valence-corrected chi connectivity index (χ1v) is 6.12. The molecule has 2 heterocycles. The topological polar surface area (TPSA) is 56.0 Å². The average Bonchev–Trinajstić information content (AvgIpc) is 2.84. The Morgan fingerprint density at radius 1 is 1.60 bits per heavy atom. The van der Waals surface area contributed by atoms with Crippen molar-refractivity contribution in [3.05, 3.63) is 28.3 Å². The second-order valence-electron chi connectivity index (χ2n) is 2.78. The number of aromatic nitrogens is 2. The fourth-order valence-corrected chi connectivity index (χ4v) is 2.42. The van der Waals surface area contributed by atoms with Gasteiger partial charge >= 0.3 is 0 Å². The normalized spacial score (nSPS) is 10.5. The van der Waals surface area contributed by atoms with E-state index in [-0.39, 0.29) is 5.78 Å². The van der Waals surface area contributed by atoms with Gasteiger partial charge in [0.15, 0.2) is 5.78 Å². The maximum atomic E-state index is 11.6. The highest BCUT2D eigenvalue weighted by Crippen LogP contribution is 2.19. The van der Waals surface area contributed by atoms with Crippen LogP contribution in [0.25, 0.3) is 0 Å². The third-order valence-corrected chi connectivity index (χ3v) is 3.36. The van der Waals surface area contributed by atoms with E-state index in [1.807, 2.05) is 17.5 Å². The molecule has 2 rings (SSSR count).